The van der Waals surface area contributed by atoms with Gasteiger partial charge in [-0.15, -0.1) is 0 Å². The Morgan fingerprint density at radius 2 is 1.71 bits per heavy atom. The molecule has 0 radical (unpaired) electrons. The van der Waals surface area contributed by atoms with Gasteiger partial charge in [0.1, 0.15) is 5.82 Å². The highest BCUT2D eigenvalue weighted by atomic mass is 19.1. The lowest BCUT2D eigenvalue weighted by atomic mass is 10.1. The highest BCUT2D eigenvalue weighted by molar-refractivity contribution is 5.94. The Kier molecular flexibility index (Phi) is 6.41. The lowest BCUT2D eigenvalue weighted by molar-refractivity contribution is -0.136. The second-order valence-electron chi connectivity index (χ2n) is 7.19. The third kappa shape index (κ3) is 4.75. The molecule has 1 saturated heterocycles. The first kappa shape index (κ1) is 20.0. The van der Waals surface area contributed by atoms with Gasteiger partial charge in [-0.05, 0) is 36.8 Å². The quantitative estimate of drug-likeness (QED) is 0.797. The van der Waals surface area contributed by atoms with Crippen molar-refractivity contribution >= 4 is 11.8 Å². The van der Waals surface area contributed by atoms with Crippen molar-refractivity contribution in [2.24, 2.45) is 0 Å². The molecule has 3 rings (SSSR count). The molecule has 148 valence electrons. The predicted octanol–water partition coefficient (Wildman–Crippen LogP) is 2.63. The maximum Gasteiger partial charge on any atom is 0.253 e. The van der Waals surface area contributed by atoms with Gasteiger partial charge in [0.15, 0.2) is 0 Å². The van der Waals surface area contributed by atoms with Crippen LogP contribution in [-0.2, 0) is 11.3 Å². The van der Waals surface area contributed by atoms with Crippen molar-refractivity contribution < 1.29 is 14.0 Å². The summed E-state index contributed by atoms with van der Waals surface area (Å²) in [4.78, 5) is 30.9. The van der Waals surface area contributed by atoms with Crippen molar-refractivity contribution in [1.29, 1.82) is 0 Å². The third-order valence-corrected chi connectivity index (χ3v) is 5.21. The van der Waals surface area contributed by atoms with E-state index in [4.69, 9.17) is 0 Å². The normalized spacial score (nSPS) is 15.9. The van der Waals surface area contributed by atoms with E-state index in [1.165, 1.54) is 12.1 Å². The zero-order valence-electron chi connectivity index (χ0n) is 16.3. The average molecular weight is 383 g/mol. The second kappa shape index (κ2) is 8.97. The molecule has 0 spiro atoms. The zero-order valence-corrected chi connectivity index (χ0v) is 16.3. The molecule has 0 unspecified atom stereocenters. The fourth-order valence-corrected chi connectivity index (χ4v) is 3.54. The summed E-state index contributed by atoms with van der Waals surface area (Å²) in [6, 6.07) is 15.3. The maximum atomic E-state index is 13.3. The van der Waals surface area contributed by atoms with Crippen LogP contribution >= 0.6 is 0 Å². The number of piperazine rings is 1. The van der Waals surface area contributed by atoms with E-state index in [0.29, 0.717) is 38.3 Å². The summed E-state index contributed by atoms with van der Waals surface area (Å²) in [5.41, 5.74) is 1.45. The van der Waals surface area contributed by atoms with E-state index >= 15 is 0 Å². The van der Waals surface area contributed by atoms with Gasteiger partial charge >= 0.3 is 0 Å². The monoisotopic (exact) mass is 383 g/mol. The molecule has 1 heterocycles. The number of nitrogens with zero attached hydrogens (tertiary/aromatic N) is 3. The van der Waals surface area contributed by atoms with Crippen LogP contribution in [0.1, 0.15) is 22.8 Å². The molecular weight excluding hydrogens is 357 g/mol. The molecule has 28 heavy (non-hydrogen) atoms. The Balaban J connectivity index is 1.53. The smallest absolute Gasteiger partial charge is 0.253 e. The number of rotatable bonds is 5. The lowest BCUT2D eigenvalue weighted by Crippen LogP contribution is -2.55. The number of carbonyl (C=O) groups is 2. The van der Waals surface area contributed by atoms with Crippen molar-refractivity contribution in [1.82, 2.24) is 14.7 Å². The predicted molar refractivity (Wildman–Crippen MR) is 106 cm³/mol. The first-order valence-electron chi connectivity index (χ1n) is 9.53. The van der Waals surface area contributed by atoms with Gasteiger partial charge in [-0.3, -0.25) is 14.5 Å². The van der Waals surface area contributed by atoms with Gasteiger partial charge < -0.3 is 9.80 Å². The Labute approximate surface area is 165 Å². The molecule has 2 aromatic carbocycles. The van der Waals surface area contributed by atoms with Gasteiger partial charge in [0, 0.05) is 45.3 Å². The highest BCUT2D eigenvalue weighted by Crippen LogP contribution is 2.13. The van der Waals surface area contributed by atoms with Crippen LogP contribution in [-0.4, -0.2) is 65.8 Å². The Hall–Kier alpha value is -2.73. The van der Waals surface area contributed by atoms with Crippen molar-refractivity contribution in [3.05, 3.63) is 71.5 Å². The van der Waals surface area contributed by atoms with Gasteiger partial charge in [0.25, 0.3) is 5.91 Å². The van der Waals surface area contributed by atoms with Gasteiger partial charge in [0.2, 0.25) is 5.91 Å². The zero-order chi connectivity index (χ0) is 20.1. The van der Waals surface area contributed by atoms with E-state index in [9.17, 15) is 14.0 Å². The summed E-state index contributed by atoms with van der Waals surface area (Å²) in [6.45, 7) is 4.75. The molecule has 1 fully saturated rings. The summed E-state index contributed by atoms with van der Waals surface area (Å²) in [6.07, 6.45) is 0. The number of benzene rings is 2. The number of halogens is 1. The molecule has 1 atom stereocenters. The van der Waals surface area contributed by atoms with E-state index in [2.05, 4.69) is 4.90 Å². The molecule has 0 bridgehead atoms. The van der Waals surface area contributed by atoms with Crippen LogP contribution in [0, 0.1) is 5.82 Å². The third-order valence-electron chi connectivity index (χ3n) is 5.21. The largest absolute Gasteiger partial charge is 0.340 e. The summed E-state index contributed by atoms with van der Waals surface area (Å²) < 4.78 is 13.3. The van der Waals surface area contributed by atoms with E-state index in [-0.39, 0.29) is 23.7 Å². The van der Waals surface area contributed by atoms with E-state index in [1.54, 1.807) is 18.0 Å². The van der Waals surface area contributed by atoms with Crippen molar-refractivity contribution in [2.75, 3.05) is 33.2 Å². The number of amides is 2. The summed E-state index contributed by atoms with van der Waals surface area (Å²) in [5.74, 6) is -0.278. The molecule has 1 aliphatic heterocycles. The number of carbonyl (C=O) groups excluding carboxylic acids is 2. The molecule has 6 heteroatoms. The van der Waals surface area contributed by atoms with E-state index in [0.717, 1.165) is 5.56 Å². The molecule has 5 nitrogen and oxygen atoms in total. The fourth-order valence-electron chi connectivity index (χ4n) is 3.54. The second-order valence-corrected chi connectivity index (χ2v) is 7.19. The van der Waals surface area contributed by atoms with Crippen molar-refractivity contribution in [2.45, 2.75) is 19.5 Å². The van der Waals surface area contributed by atoms with E-state index < -0.39 is 0 Å². The van der Waals surface area contributed by atoms with Crippen LogP contribution in [0.4, 0.5) is 4.39 Å². The standard InChI is InChI=1S/C22H26FN3O2/c1-17(21(27)24(2)16-18-7-6-10-20(23)15-18)25-11-13-26(14-12-25)22(28)19-8-4-3-5-9-19/h3-10,15,17H,11-14,16H2,1-2H3/t17-/m1/s1. The number of hydrogen-bond acceptors (Lipinski definition) is 3. The molecule has 0 aromatic heterocycles. The minimum Gasteiger partial charge on any atom is -0.340 e. The van der Waals surface area contributed by atoms with Crippen LogP contribution in [0.3, 0.4) is 0 Å². The molecule has 0 aliphatic carbocycles. The first-order valence-corrected chi connectivity index (χ1v) is 9.53. The average Bonchev–Trinajstić information content (AvgIpc) is 2.73. The SMILES string of the molecule is C[C@H](C(=O)N(C)Cc1cccc(F)c1)N1CCN(C(=O)c2ccccc2)CC1. The highest BCUT2D eigenvalue weighted by Gasteiger charge is 2.29. The Bertz CT molecular complexity index is 820. The number of likely N-dealkylation sites (N-methyl/N-ethyl adjacent to an activating group) is 1. The van der Waals surface area contributed by atoms with Crippen molar-refractivity contribution in [3.8, 4) is 0 Å². The van der Waals surface area contributed by atoms with Crippen LogP contribution in [0.15, 0.2) is 54.6 Å². The molecule has 0 saturated carbocycles. The van der Waals surface area contributed by atoms with Gasteiger partial charge in [-0.25, -0.2) is 4.39 Å². The first-order chi connectivity index (χ1) is 13.5. The Morgan fingerprint density at radius 1 is 1.04 bits per heavy atom. The summed E-state index contributed by atoms with van der Waals surface area (Å²) >= 11 is 0. The minimum atomic E-state index is -0.300. The fraction of sp³-hybridized carbons (Fsp3) is 0.364. The van der Waals surface area contributed by atoms with E-state index in [1.807, 2.05) is 48.2 Å². The van der Waals surface area contributed by atoms with Gasteiger partial charge in [-0.2, -0.15) is 0 Å². The van der Waals surface area contributed by atoms with Crippen LogP contribution in [0.5, 0.6) is 0 Å². The molecule has 2 amide bonds. The molecular formula is C22H26FN3O2. The van der Waals surface area contributed by atoms with Gasteiger partial charge in [-0.1, -0.05) is 30.3 Å². The minimum absolute atomic E-state index is 0.00732. The van der Waals surface area contributed by atoms with Crippen LogP contribution in [0.2, 0.25) is 0 Å². The number of hydrogen-bond donors (Lipinski definition) is 0. The molecule has 2 aromatic rings. The van der Waals surface area contributed by atoms with Gasteiger partial charge in [0.05, 0.1) is 6.04 Å². The summed E-state index contributed by atoms with van der Waals surface area (Å²) in [5, 5.41) is 0. The lowest BCUT2D eigenvalue weighted by Gasteiger charge is -2.38. The van der Waals surface area contributed by atoms with Crippen molar-refractivity contribution in [3.63, 3.8) is 0 Å². The maximum absolute atomic E-state index is 13.3. The molecule has 0 N–H and O–H groups in total. The van der Waals surface area contributed by atoms with Crippen LogP contribution < -0.4 is 0 Å². The summed E-state index contributed by atoms with van der Waals surface area (Å²) in [7, 11) is 1.74. The molecule has 1 aliphatic rings. The Morgan fingerprint density at radius 3 is 2.36 bits per heavy atom. The van der Waals surface area contributed by atoms with Crippen LogP contribution in [0.25, 0.3) is 0 Å². The topological polar surface area (TPSA) is 43.9 Å².